The molecule has 2 aromatic carbocycles. The minimum Gasteiger partial charge on any atom is -0.455 e. The molecule has 0 aromatic heterocycles. The molecule has 19 heavy (non-hydrogen) atoms. The van der Waals surface area contributed by atoms with Crippen LogP contribution in [-0.2, 0) is 0 Å². The molecule has 0 aliphatic carbocycles. The summed E-state index contributed by atoms with van der Waals surface area (Å²) in [5, 5.41) is 0.848. The van der Waals surface area contributed by atoms with E-state index in [1.807, 2.05) is 0 Å². The Bertz CT molecular complexity index is 649. The van der Waals surface area contributed by atoms with Crippen LogP contribution < -0.4 is 10.5 Å². The number of rotatable bonds is 3. The van der Waals surface area contributed by atoms with E-state index in [9.17, 15) is 4.39 Å². The Kier molecular flexibility index (Phi) is 4.24. The van der Waals surface area contributed by atoms with Gasteiger partial charge in [0.2, 0.25) is 0 Å². The quantitative estimate of drug-likeness (QED) is 0.843. The average molecular weight is 316 g/mol. The van der Waals surface area contributed by atoms with Crippen LogP contribution in [0, 0.1) is 5.82 Å². The molecule has 0 spiro atoms. The molecule has 0 radical (unpaired) electrons. The molecule has 6 heteroatoms. The molecular formula is C13H8Cl2FNOS. The van der Waals surface area contributed by atoms with Gasteiger partial charge in [0.1, 0.15) is 22.3 Å². The van der Waals surface area contributed by atoms with Crippen molar-refractivity contribution in [1.82, 2.24) is 0 Å². The Hall–Kier alpha value is -1.36. The van der Waals surface area contributed by atoms with Gasteiger partial charge in [-0.2, -0.15) is 0 Å². The number of halogens is 3. The molecule has 98 valence electrons. The van der Waals surface area contributed by atoms with E-state index < -0.39 is 5.82 Å². The Balaban J connectivity index is 2.43. The summed E-state index contributed by atoms with van der Waals surface area (Å²) in [6.07, 6.45) is 0. The summed E-state index contributed by atoms with van der Waals surface area (Å²) in [6.45, 7) is 0. The molecule has 0 aliphatic rings. The average Bonchev–Trinajstić information content (AvgIpc) is 2.35. The SMILES string of the molecule is NC(=S)c1cc(F)ccc1Oc1cc(Cl)ccc1Cl. The molecule has 0 fully saturated rings. The predicted octanol–water partition coefficient (Wildman–Crippen LogP) is 4.56. The van der Waals surface area contributed by atoms with Gasteiger partial charge in [-0.25, -0.2) is 4.39 Å². The highest BCUT2D eigenvalue weighted by Gasteiger charge is 2.11. The minimum atomic E-state index is -0.452. The van der Waals surface area contributed by atoms with Crippen molar-refractivity contribution in [2.45, 2.75) is 0 Å². The number of hydrogen-bond donors (Lipinski definition) is 1. The summed E-state index contributed by atoms with van der Waals surface area (Å²) in [5.41, 5.74) is 5.83. The van der Waals surface area contributed by atoms with Gasteiger partial charge in [-0.15, -0.1) is 0 Å². The van der Waals surface area contributed by atoms with Gasteiger partial charge >= 0.3 is 0 Å². The van der Waals surface area contributed by atoms with Crippen LogP contribution in [0.2, 0.25) is 10.0 Å². The Morgan fingerprint density at radius 2 is 1.84 bits per heavy atom. The third-order valence-electron chi connectivity index (χ3n) is 2.32. The Labute approximate surface area is 124 Å². The lowest BCUT2D eigenvalue weighted by molar-refractivity contribution is 0.480. The topological polar surface area (TPSA) is 35.2 Å². The first-order valence-corrected chi connectivity index (χ1v) is 6.36. The van der Waals surface area contributed by atoms with Gasteiger partial charge in [0.25, 0.3) is 0 Å². The van der Waals surface area contributed by atoms with E-state index in [2.05, 4.69) is 0 Å². The molecule has 2 rings (SSSR count). The molecule has 0 saturated heterocycles. The standard InChI is InChI=1S/C13H8Cl2FNOS/c14-7-1-3-10(15)12(5-7)18-11-4-2-8(16)6-9(11)13(17)19/h1-6H,(H2,17,19). The first-order valence-electron chi connectivity index (χ1n) is 5.19. The third kappa shape index (κ3) is 3.35. The molecule has 0 heterocycles. The van der Waals surface area contributed by atoms with Crippen LogP contribution in [0.5, 0.6) is 11.5 Å². The molecule has 2 nitrogen and oxygen atoms in total. The van der Waals surface area contributed by atoms with Crippen molar-refractivity contribution in [2.75, 3.05) is 0 Å². The van der Waals surface area contributed by atoms with Gasteiger partial charge < -0.3 is 10.5 Å². The highest BCUT2D eigenvalue weighted by molar-refractivity contribution is 7.80. The van der Waals surface area contributed by atoms with Gasteiger partial charge in [0.15, 0.2) is 0 Å². The molecule has 2 aromatic rings. The maximum Gasteiger partial charge on any atom is 0.147 e. The summed E-state index contributed by atoms with van der Waals surface area (Å²) in [7, 11) is 0. The maximum absolute atomic E-state index is 13.2. The highest BCUT2D eigenvalue weighted by Crippen LogP contribution is 2.33. The van der Waals surface area contributed by atoms with Gasteiger partial charge in [-0.1, -0.05) is 35.4 Å². The van der Waals surface area contributed by atoms with E-state index in [0.29, 0.717) is 27.1 Å². The van der Waals surface area contributed by atoms with Gasteiger partial charge in [-0.3, -0.25) is 0 Å². The van der Waals surface area contributed by atoms with Crippen LogP contribution >= 0.6 is 35.4 Å². The van der Waals surface area contributed by atoms with Crippen LogP contribution in [-0.4, -0.2) is 4.99 Å². The van der Waals surface area contributed by atoms with E-state index >= 15 is 0 Å². The van der Waals surface area contributed by atoms with E-state index in [0.717, 1.165) is 0 Å². The maximum atomic E-state index is 13.2. The fraction of sp³-hybridized carbons (Fsp3) is 0. The van der Waals surface area contributed by atoms with Crippen molar-refractivity contribution in [3.05, 3.63) is 57.8 Å². The zero-order valence-electron chi connectivity index (χ0n) is 9.49. The van der Waals surface area contributed by atoms with Crippen LogP contribution in [0.25, 0.3) is 0 Å². The van der Waals surface area contributed by atoms with Crippen molar-refractivity contribution >= 4 is 40.4 Å². The zero-order chi connectivity index (χ0) is 14.0. The first-order chi connectivity index (χ1) is 8.97. The van der Waals surface area contributed by atoms with Gasteiger partial charge in [0.05, 0.1) is 10.6 Å². The van der Waals surface area contributed by atoms with E-state index in [4.69, 9.17) is 45.9 Å². The first kappa shape index (κ1) is 14.1. The summed E-state index contributed by atoms with van der Waals surface area (Å²) < 4.78 is 18.8. The molecule has 0 bridgehead atoms. The molecule has 2 N–H and O–H groups in total. The van der Waals surface area contributed by atoms with Crippen molar-refractivity contribution in [3.63, 3.8) is 0 Å². The van der Waals surface area contributed by atoms with E-state index in [-0.39, 0.29) is 4.99 Å². The van der Waals surface area contributed by atoms with Crippen molar-refractivity contribution in [1.29, 1.82) is 0 Å². The number of hydrogen-bond acceptors (Lipinski definition) is 2. The second kappa shape index (κ2) is 5.74. The number of ether oxygens (including phenoxy) is 1. The van der Waals surface area contributed by atoms with Crippen molar-refractivity contribution < 1.29 is 9.13 Å². The second-order valence-electron chi connectivity index (χ2n) is 3.68. The molecule has 0 saturated carbocycles. The van der Waals surface area contributed by atoms with Crippen LogP contribution in [0.3, 0.4) is 0 Å². The fourth-order valence-electron chi connectivity index (χ4n) is 1.46. The Morgan fingerprint density at radius 3 is 2.53 bits per heavy atom. The smallest absolute Gasteiger partial charge is 0.147 e. The van der Waals surface area contributed by atoms with Gasteiger partial charge in [-0.05, 0) is 30.3 Å². The van der Waals surface area contributed by atoms with E-state index in [1.165, 1.54) is 18.2 Å². The van der Waals surface area contributed by atoms with Crippen molar-refractivity contribution in [3.8, 4) is 11.5 Å². The third-order valence-corrected chi connectivity index (χ3v) is 3.09. The van der Waals surface area contributed by atoms with Crippen molar-refractivity contribution in [2.24, 2.45) is 5.73 Å². The summed E-state index contributed by atoms with van der Waals surface area (Å²) in [5.74, 6) is 0.212. The van der Waals surface area contributed by atoms with Gasteiger partial charge in [0, 0.05) is 11.1 Å². The van der Waals surface area contributed by atoms with Crippen LogP contribution in [0.15, 0.2) is 36.4 Å². The second-order valence-corrected chi connectivity index (χ2v) is 4.97. The molecule has 0 aliphatic heterocycles. The molecular weight excluding hydrogens is 308 g/mol. The largest absolute Gasteiger partial charge is 0.455 e. The molecule has 0 amide bonds. The lowest BCUT2D eigenvalue weighted by Gasteiger charge is -2.11. The normalized spacial score (nSPS) is 10.3. The number of benzene rings is 2. The van der Waals surface area contributed by atoms with E-state index in [1.54, 1.807) is 18.2 Å². The summed E-state index contributed by atoms with van der Waals surface area (Å²) >= 11 is 16.7. The predicted molar refractivity (Wildman–Crippen MR) is 78.8 cm³/mol. The van der Waals surface area contributed by atoms with Crippen LogP contribution in [0.4, 0.5) is 4.39 Å². The summed E-state index contributed by atoms with van der Waals surface area (Å²) in [6, 6.07) is 8.67. The minimum absolute atomic E-state index is 0.0349. The lowest BCUT2D eigenvalue weighted by Crippen LogP contribution is -2.11. The monoisotopic (exact) mass is 315 g/mol. The zero-order valence-corrected chi connectivity index (χ0v) is 11.8. The lowest BCUT2D eigenvalue weighted by atomic mass is 10.2. The fourth-order valence-corrected chi connectivity index (χ4v) is 1.94. The number of nitrogens with two attached hydrogens (primary N) is 1. The molecule has 0 atom stereocenters. The van der Waals surface area contributed by atoms with Crippen LogP contribution in [0.1, 0.15) is 5.56 Å². The highest BCUT2D eigenvalue weighted by atomic mass is 35.5. The molecule has 0 unspecified atom stereocenters. The summed E-state index contributed by atoms with van der Waals surface area (Å²) in [4.78, 5) is 0.0349. The number of thiocarbonyl (C=S) groups is 1. The Morgan fingerprint density at radius 1 is 1.11 bits per heavy atom.